The second kappa shape index (κ2) is 3.31. The maximum atomic E-state index is 6.22. The minimum Gasteiger partial charge on any atom is -0.344 e. The highest BCUT2D eigenvalue weighted by Crippen LogP contribution is 2.50. The highest BCUT2D eigenvalue weighted by Gasteiger charge is 2.54. The summed E-state index contributed by atoms with van der Waals surface area (Å²) in [6.07, 6.45) is 3.50. The van der Waals surface area contributed by atoms with E-state index in [-0.39, 0.29) is 17.5 Å². The Bertz CT molecular complexity index is 389. The van der Waals surface area contributed by atoms with Crippen molar-refractivity contribution in [2.45, 2.75) is 50.6 Å². The Labute approximate surface area is 96.6 Å². The second-order valence-electron chi connectivity index (χ2n) is 5.21. The minimum absolute atomic E-state index is 0.202. The number of fused-ring (bicyclic) bond motifs is 2. The molecule has 0 spiro atoms. The molecule has 0 aliphatic carbocycles. The SMILES string of the molecule is CC12CCCC(O1)C(C)(c1ccccc1)O2. The molecule has 2 heterocycles. The van der Waals surface area contributed by atoms with Gasteiger partial charge in [-0.1, -0.05) is 30.3 Å². The van der Waals surface area contributed by atoms with Crippen LogP contribution in [0.15, 0.2) is 30.3 Å². The lowest BCUT2D eigenvalue weighted by Crippen LogP contribution is -2.33. The van der Waals surface area contributed by atoms with E-state index < -0.39 is 0 Å². The van der Waals surface area contributed by atoms with E-state index in [9.17, 15) is 0 Å². The summed E-state index contributed by atoms with van der Waals surface area (Å²) in [6.45, 7) is 4.22. The maximum Gasteiger partial charge on any atom is 0.167 e. The fourth-order valence-electron chi connectivity index (χ4n) is 3.02. The van der Waals surface area contributed by atoms with Crippen molar-refractivity contribution < 1.29 is 9.47 Å². The van der Waals surface area contributed by atoms with Crippen LogP contribution in [0.1, 0.15) is 38.7 Å². The lowest BCUT2D eigenvalue weighted by molar-refractivity contribution is -0.189. The van der Waals surface area contributed by atoms with Crippen LogP contribution in [0.25, 0.3) is 0 Å². The summed E-state index contributed by atoms with van der Waals surface area (Å²) >= 11 is 0. The van der Waals surface area contributed by atoms with Crippen molar-refractivity contribution in [2.24, 2.45) is 0 Å². The molecule has 0 N–H and O–H groups in total. The Morgan fingerprint density at radius 3 is 2.62 bits per heavy atom. The third kappa shape index (κ3) is 1.40. The molecule has 2 aliphatic rings. The Morgan fingerprint density at radius 1 is 1.19 bits per heavy atom. The molecule has 1 aromatic rings. The zero-order chi connectivity index (χ0) is 11.2. The molecular formula is C14H18O2. The van der Waals surface area contributed by atoms with Crippen LogP contribution in [0.2, 0.25) is 0 Å². The molecule has 2 saturated heterocycles. The van der Waals surface area contributed by atoms with Gasteiger partial charge in [0.1, 0.15) is 5.60 Å². The van der Waals surface area contributed by atoms with Crippen molar-refractivity contribution >= 4 is 0 Å². The molecule has 2 bridgehead atoms. The topological polar surface area (TPSA) is 18.5 Å². The minimum atomic E-state index is -0.368. The van der Waals surface area contributed by atoms with Gasteiger partial charge in [-0.25, -0.2) is 0 Å². The number of benzene rings is 1. The number of hydrogen-bond acceptors (Lipinski definition) is 2. The quantitative estimate of drug-likeness (QED) is 0.720. The highest BCUT2D eigenvalue weighted by molar-refractivity contribution is 5.25. The van der Waals surface area contributed by atoms with Gasteiger partial charge >= 0.3 is 0 Å². The van der Waals surface area contributed by atoms with E-state index >= 15 is 0 Å². The fourth-order valence-corrected chi connectivity index (χ4v) is 3.02. The van der Waals surface area contributed by atoms with Gasteiger partial charge in [0.15, 0.2) is 5.79 Å². The molecule has 16 heavy (non-hydrogen) atoms. The summed E-state index contributed by atoms with van der Waals surface area (Å²) in [4.78, 5) is 0. The van der Waals surface area contributed by atoms with Gasteiger partial charge in [0.25, 0.3) is 0 Å². The molecule has 0 radical (unpaired) electrons. The predicted octanol–water partition coefficient (Wildman–Crippen LogP) is 3.22. The summed E-state index contributed by atoms with van der Waals surface area (Å²) in [5.41, 5.74) is 0.956. The van der Waals surface area contributed by atoms with E-state index in [0.29, 0.717) is 0 Å². The number of hydrogen-bond donors (Lipinski definition) is 0. The molecule has 2 nitrogen and oxygen atoms in total. The summed E-state index contributed by atoms with van der Waals surface area (Å²) in [6, 6.07) is 10.4. The van der Waals surface area contributed by atoms with E-state index in [1.54, 1.807) is 0 Å². The smallest absolute Gasteiger partial charge is 0.167 e. The number of ether oxygens (including phenoxy) is 2. The Kier molecular flexibility index (Phi) is 2.13. The molecule has 2 fully saturated rings. The van der Waals surface area contributed by atoms with Crippen LogP contribution in [0.3, 0.4) is 0 Å². The first kappa shape index (κ1) is 10.3. The van der Waals surface area contributed by atoms with E-state index in [0.717, 1.165) is 12.8 Å². The van der Waals surface area contributed by atoms with Gasteiger partial charge in [-0.2, -0.15) is 0 Å². The monoisotopic (exact) mass is 218 g/mol. The van der Waals surface area contributed by atoms with Gasteiger partial charge in [0, 0.05) is 6.42 Å². The normalized spacial score (nSPS) is 42.2. The van der Waals surface area contributed by atoms with Crippen LogP contribution in [-0.2, 0) is 15.1 Å². The van der Waals surface area contributed by atoms with Crippen LogP contribution in [0.4, 0.5) is 0 Å². The summed E-state index contributed by atoms with van der Waals surface area (Å²) < 4.78 is 12.3. The average molecular weight is 218 g/mol. The van der Waals surface area contributed by atoms with Gasteiger partial charge in [-0.3, -0.25) is 0 Å². The van der Waals surface area contributed by atoms with Gasteiger partial charge in [-0.15, -0.1) is 0 Å². The third-order valence-electron chi connectivity index (χ3n) is 3.88. The van der Waals surface area contributed by atoms with Gasteiger partial charge < -0.3 is 9.47 Å². The van der Waals surface area contributed by atoms with E-state index in [2.05, 4.69) is 38.1 Å². The van der Waals surface area contributed by atoms with Crippen LogP contribution in [0, 0.1) is 0 Å². The largest absolute Gasteiger partial charge is 0.344 e. The number of rotatable bonds is 1. The van der Waals surface area contributed by atoms with E-state index in [1.165, 1.54) is 12.0 Å². The lowest BCUT2D eigenvalue weighted by atomic mass is 9.87. The molecule has 86 valence electrons. The summed E-state index contributed by atoms with van der Waals surface area (Å²) in [7, 11) is 0. The molecule has 3 rings (SSSR count). The van der Waals surface area contributed by atoms with Crippen LogP contribution in [0.5, 0.6) is 0 Å². The first-order chi connectivity index (χ1) is 7.62. The van der Waals surface area contributed by atoms with Crippen molar-refractivity contribution in [1.82, 2.24) is 0 Å². The van der Waals surface area contributed by atoms with Gasteiger partial charge in [0.2, 0.25) is 0 Å². The van der Waals surface area contributed by atoms with Gasteiger partial charge in [0.05, 0.1) is 6.10 Å². The summed E-state index contributed by atoms with van der Waals surface area (Å²) in [5.74, 6) is -0.368. The molecule has 0 aromatic heterocycles. The summed E-state index contributed by atoms with van der Waals surface area (Å²) in [5, 5.41) is 0. The standard InChI is InChI=1S/C14H18O2/c1-13-10-6-9-12(15-13)14(2,16-13)11-7-4-3-5-8-11/h3-5,7-8,12H,6,9-10H2,1-2H3. The zero-order valence-electron chi connectivity index (χ0n) is 9.90. The third-order valence-corrected chi connectivity index (χ3v) is 3.88. The van der Waals surface area contributed by atoms with Crippen LogP contribution < -0.4 is 0 Å². The van der Waals surface area contributed by atoms with Crippen molar-refractivity contribution in [3.05, 3.63) is 35.9 Å². The van der Waals surface area contributed by atoms with Crippen molar-refractivity contribution in [3.8, 4) is 0 Å². The molecular weight excluding hydrogens is 200 g/mol. The molecule has 1 aromatic carbocycles. The van der Waals surface area contributed by atoms with Crippen molar-refractivity contribution in [1.29, 1.82) is 0 Å². The molecule has 2 heteroatoms. The van der Waals surface area contributed by atoms with E-state index in [4.69, 9.17) is 9.47 Å². The van der Waals surface area contributed by atoms with Crippen LogP contribution >= 0.6 is 0 Å². The molecule has 3 atom stereocenters. The Morgan fingerprint density at radius 2 is 1.94 bits per heavy atom. The van der Waals surface area contributed by atoms with Gasteiger partial charge in [-0.05, 0) is 32.3 Å². The molecule has 2 aliphatic heterocycles. The first-order valence-corrected chi connectivity index (χ1v) is 6.06. The Hall–Kier alpha value is -0.860. The fraction of sp³-hybridized carbons (Fsp3) is 0.571. The molecule has 3 unspecified atom stereocenters. The average Bonchev–Trinajstić information content (AvgIpc) is 2.47. The van der Waals surface area contributed by atoms with E-state index in [1.807, 2.05) is 6.07 Å². The van der Waals surface area contributed by atoms with Crippen LogP contribution in [-0.4, -0.2) is 11.9 Å². The second-order valence-corrected chi connectivity index (χ2v) is 5.21. The lowest BCUT2D eigenvalue weighted by Gasteiger charge is -2.28. The van der Waals surface area contributed by atoms with Crippen molar-refractivity contribution in [2.75, 3.05) is 0 Å². The molecule has 0 amide bonds. The highest BCUT2D eigenvalue weighted by atomic mass is 16.8. The van der Waals surface area contributed by atoms with Crippen molar-refractivity contribution in [3.63, 3.8) is 0 Å². The molecule has 0 saturated carbocycles. The first-order valence-electron chi connectivity index (χ1n) is 6.06. The zero-order valence-corrected chi connectivity index (χ0v) is 9.90. The predicted molar refractivity (Wildman–Crippen MR) is 62.0 cm³/mol. The Balaban J connectivity index is 2.00. The maximum absolute atomic E-state index is 6.22.